The van der Waals surface area contributed by atoms with Crippen LogP contribution in [0.3, 0.4) is 0 Å². The highest BCUT2D eigenvalue weighted by Gasteiger charge is 2.32. The van der Waals surface area contributed by atoms with Gasteiger partial charge in [-0.3, -0.25) is 4.99 Å². The van der Waals surface area contributed by atoms with Crippen LogP contribution in [-0.4, -0.2) is 12.8 Å². The Morgan fingerprint density at radius 1 is 1.04 bits per heavy atom. The standard InChI is InChI=1S/C18H15F3N2O/c1-12-9-10-23(15-5-3-4-6-17(15)24-2)16-11-13(18(19,20)21)7-8-14(16)22-12/h3-11H,1-2H3. The molecule has 1 aliphatic heterocycles. The van der Waals surface area contributed by atoms with E-state index in [1.54, 1.807) is 48.4 Å². The van der Waals surface area contributed by atoms with Crippen molar-refractivity contribution in [2.45, 2.75) is 13.1 Å². The van der Waals surface area contributed by atoms with E-state index in [2.05, 4.69) is 4.99 Å². The number of alkyl halides is 3. The van der Waals surface area contributed by atoms with Gasteiger partial charge in [0.15, 0.2) is 0 Å². The van der Waals surface area contributed by atoms with Gasteiger partial charge in [-0.2, -0.15) is 13.2 Å². The number of ether oxygens (including phenoxy) is 1. The maximum atomic E-state index is 13.1. The van der Waals surface area contributed by atoms with Gasteiger partial charge in [-0.05, 0) is 43.3 Å². The number of hydrogen-bond acceptors (Lipinski definition) is 3. The minimum Gasteiger partial charge on any atom is -0.495 e. The zero-order valence-electron chi connectivity index (χ0n) is 13.1. The first-order valence-corrected chi connectivity index (χ1v) is 7.27. The summed E-state index contributed by atoms with van der Waals surface area (Å²) in [6.07, 6.45) is -0.974. The van der Waals surface area contributed by atoms with E-state index in [0.29, 0.717) is 28.5 Å². The largest absolute Gasteiger partial charge is 0.495 e. The lowest BCUT2D eigenvalue weighted by Gasteiger charge is -2.24. The highest BCUT2D eigenvalue weighted by atomic mass is 19.4. The summed E-state index contributed by atoms with van der Waals surface area (Å²) in [6.45, 7) is 1.80. The number of halogens is 3. The molecule has 1 heterocycles. The van der Waals surface area contributed by atoms with Gasteiger partial charge in [-0.15, -0.1) is 0 Å². The summed E-state index contributed by atoms with van der Waals surface area (Å²) in [5, 5.41) is 0. The van der Waals surface area contributed by atoms with Crippen molar-refractivity contribution in [3.05, 3.63) is 60.3 Å². The molecule has 0 amide bonds. The molecule has 3 rings (SSSR count). The molecule has 0 saturated carbocycles. The maximum absolute atomic E-state index is 13.1. The first-order chi connectivity index (χ1) is 11.4. The van der Waals surface area contributed by atoms with Gasteiger partial charge >= 0.3 is 6.18 Å². The van der Waals surface area contributed by atoms with Crippen molar-refractivity contribution >= 4 is 22.8 Å². The predicted octanol–water partition coefficient (Wildman–Crippen LogP) is 5.47. The molecule has 0 aromatic heterocycles. The van der Waals surface area contributed by atoms with Crippen molar-refractivity contribution in [1.29, 1.82) is 0 Å². The summed E-state index contributed by atoms with van der Waals surface area (Å²) < 4.78 is 44.7. The van der Waals surface area contributed by atoms with E-state index in [9.17, 15) is 13.2 Å². The van der Waals surface area contributed by atoms with Gasteiger partial charge in [-0.1, -0.05) is 12.1 Å². The van der Waals surface area contributed by atoms with Crippen molar-refractivity contribution < 1.29 is 17.9 Å². The van der Waals surface area contributed by atoms with Crippen molar-refractivity contribution in [2.75, 3.05) is 12.0 Å². The molecular formula is C18H15F3N2O. The monoisotopic (exact) mass is 332 g/mol. The van der Waals surface area contributed by atoms with E-state index in [-0.39, 0.29) is 0 Å². The fourth-order valence-electron chi connectivity index (χ4n) is 2.52. The van der Waals surface area contributed by atoms with Gasteiger partial charge in [0.1, 0.15) is 5.75 Å². The molecule has 6 heteroatoms. The maximum Gasteiger partial charge on any atom is 0.416 e. The van der Waals surface area contributed by atoms with E-state index in [1.165, 1.54) is 13.2 Å². The Morgan fingerprint density at radius 2 is 1.79 bits per heavy atom. The molecule has 0 fully saturated rings. The highest BCUT2D eigenvalue weighted by molar-refractivity contribution is 5.99. The van der Waals surface area contributed by atoms with E-state index >= 15 is 0 Å². The third-order valence-corrected chi connectivity index (χ3v) is 3.67. The van der Waals surface area contributed by atoms with Crippen molar-refractivity contribution in [2.24, 2.45) is 4.99 Å². The van der Waals surface area contributed by atoms with E-state index in [1.807, 2.05) is 0 Å². The summed E-state index contributed by atoms with van der Waals surface area (Å²) in [6, 6.07) is 10.7. The van der Waals surface area contributed by atoms with Crippen molar-refractivity contribution in [3.63, 3.8) is 0 Å². The predicted molar refractivity (Wildman–Crippen MR) is 88.5 cm³/mol. The number of aliphatic imine (C=N–C) groups is 1. The van der Waals surface area contributed by atoms with Crippen LogP contribution >= 0.6 is 0 Å². The van der Waals surface area contributed by atoms with Gasteiger partial charge in [0.2, 0.25) is 0 Å². The van der Waals surface area contributed by atoms with Crippen LogP contribution in [0.15, 0.2) is 59.7 Å². The van der Waals surface area contributed by atoms with Gasteiger partial charge < -0.3 is 9.64 Å². The first-order valence-electron chi connectivity index (χ1n) is 7.27. The summed E-state index contributed by atoms with van der Waals surface area (Å²) in [4.78, 5) is 6.03. The summed E-state index contributed by atoms with van der Waals surface area (Å²) in [7, 11) is 1.52. The third kappa shape index (κ3) is 2.99. The molecule has 0 saturated heterocycles. The number of allylic oxidation sites excluding steroid dienone is 1. The number of fused-ring (bicyclic) bond motifs is 1. The molecular weight excluding hydrogens is 317 g/mol. The smallest absolute Gasteiger partial charge is 0.416 e. The molecule has 2 aromatic rings. The molecule has 124 valence electrons. The number of benzene rings is 2. The highest BCUT2D eigenvalue weighted by Crippen LogP contribution is 2.43. The summed E-state index contributed by atoms with van der Waals surface area (Å²) >= 11 is 0. The lowest BCUT2D eigenvalue weighted by atomic mass is 10.1. The van der Waals surface area contributed by atoms with Gasteiger partial charge in [0.25, 0.3) is 0 Å². The minimum atomic E-state index is -4.42. The van der Waals surface area contributed by atoms with Gasteiger partial charge in [0, 0.05) is 11.9 Å². The zero-order valence-corrected chi connectivity index (χ0v) is 13.1. The number of nitrogens with zero attached hydrogens (tertiary/aromatic N) is 2. The van der Waals surface area contributed by atoms with Crippen LogP contribution in [0.1, 0.15) is 12.5 Å². The van der Waals surface area contributed by atoms with Crippen LogP contribution in [0.2, 0.25) is 0 Å². The Kier molecular flexibility index (Phi) is 4.05. The molecule has 0 unspecified atom stereocenters. The van der Waals surface area contributed by atoms with Crippen LogP contribution in [0.25, 0.3) is 0 Å². The Labute approximate surface area is 137 Å². The molecule has 0 radical (unpaired) electrons. The molecule has 1 aliphatic rings. The quantitative estimate of drug-likeness (QED) is 0.728. The molecule has 0 N–H and O–H groups in total. The third-order valence-electron chi connectivity index (χ3n) is 3.67. The second-order valence-corrected chi connectivity index (χ2v) is 5.31. The molecule has 0 aliphatic carbocycles. The van der Waals surface area contributed by atoms with E-state index in [0.717, 1.165) is 12.1 Å². The number of methoxy groups -OCH3 is 1. The second-order valence-electron chi connectivity index (χ2n) is 5.31. The average molecular weight is 332 g/mol. The van der Waals surface area contributed by atoms with Gasteiger partial charge in [0.05, 0.1) is 29.7 Å². The van der Waals surface area contributed by atoms with Crippen LogP contribution in [0.5, 0.6) is 5.75 Å². The Hall–Kier alpha value is -2.76. The number of hydrogen-bond donors (Lipinski definition) is 0. The zero-order chi connectivity index (χ0) is 17.3. The topological polar surface area (TPSA) is 24.8 Å². The molecule has 0 bridgehead atoms. The van der Waals surface area contributed by atoms with Gasteiger partial charge in [-0.25, -0.2) is 0 Å². The van der Waals surface area contributed by atoms with Crippen molar-refractivity contribution in [3.8, 4) is 5.75 Å². The second kappa shape index (κ2) is 6.03. The normalized spacial score (nSPS) is 14.0. The number of anilines is 2. The SMILES string of the molecule is COc1ccccc1N1C=CC(C)=Nc2ccc(C(F)(F)F)cc21. The minimum absolute atomic E-state index is 0.349. The molecule has 24 heavy (non-hydrogen) atoms. The summed E-state index contributed by atoms with van der Waals surface area (Å²) in [5.74, 6) is 0.560. The Morgan fingerprint density at radius 3 is 2.50 bits per heavy atom. The average Bonchev–Trinajstić information content (AvgIpc) is 2.71. The first kappa shape index (κ1) is 16.1. The molecule has 2 aromatic carbocycles. The lowest BCUT2D eigenvalue weighted by Crippen LogP contribution is -2.12. The molecule has 3 nitrogen and oxygen atoms in total. The lowest BCUT2D eigenvalue weighted by molar-refractivity contribution is -0.137. The van der Waals surface area contributed by atoms with Crippen LogP contribution in [0, 0.1) is 0 Å². The molecule has 0 spiro atoms. The Bertz CT molecular complexity index is 825. The fraction of sp³-hybridized carbons (Fsp3) is 0.167. The fourth-order valence-corrected chi connectivity index (χ4v) is 2.52. The summed E-state index contributed by atoms with van der Waals surface area (Å²) in [5.41, 5.74) is 1.44. The van der Waals surface area contributed by atoms with Crippen molar-refractivity contribution in [1.82, 2.24) is 0 Å². The number of rotatable bonds is 2. The number of para-hydroxylation sites is 2. The van der Waals surface area contributed by atoms with E-state index in [4.69, 9.17) is 4.74 Å². The van der Waals surface area contributed by atoms with Crippen LogP contribution < -0.4 is 9.64 Å². The Balaban J connectivity index is 2.22. The van der Waals surface area contributed by atoms with Crippen LogP contribution in [-0.2, 0) is 6.18 Å². The van der Waals surface area contributed by atoms with Crippen LogP contribution in [0.4, 0.5) is 30.2 Å². The molecule has 0 atom stereocenters. The van der Waals surface area contributed by atoms with E-state index < -0.39 is 11.7 Å².